The molecule has 0 unspecified atom stereocenters. The first-order valence-electron chi connectivity index (χ1n) is 10.2. The molecule has 0 amide bonds. The van der Waals surface area contributed by atoms with Gasteiger partial charge in [-0.2, -0.15) is 9.29 Å². The lowest BCUT2D eigenvalue weighted by molar-refractivity contribution is 0.382. The Morgan fingerprint density at radius 2 is 1.61 bits per heavy atom. The number of nitrogens with zero attached hydrogens (tertiary/aromatic N) is 6. The summed E-state index contributed by atoms with van der Waals surface area (Å²) in [5.74, 6) is 1.98. The van der Waals surface area contributed by atoms with Gasteiger partial charge in [0.2, 0.25) is 5.95 Å². The predicted octanol–water partition coefficient (Wildman–Crippen LogP) is 2.39. The van der Waals surface area contributed by atoms with Gasteiger partial charge in [0.05, 0.1) is 0 Å². The number of rotatable bonds is 5. The normalized spacial score (nSPS) is 15.3. The molecule has 0 bridgehead atoms. The van der Waals surface area contributed by atoms with E-state index in [1.54, 1.807) is 24.7 Å². The average molecular weight is 442 g/mol. The molecule has 9 nitrogen and oxygen atoms in total. The highest BCUT2D eigenvalue weighted by molar-refractivity contribution is 7.89. The van der Waals surface area contributed by atoms with Crippen LogP contribution in [0, 0.1) is 20.8 Å². The minimum atomic E-state index is -3.60. The van der Waals surface area contributed by atoms with Crippen molar-refractivity contribution in [1.82, 2.24) is 23.8 Å². The maximum absolute atomic E-state index is 12.9. The number of imidazole rings is 1. The van der Waals surface area contributed by atoms with Gasteiger partial charge in [0.25, 0.3) is 10.0 Å². The summed E-state index contributed by atoms with van der Waals surface area (Å²) in [6.07, 6.45) is 1.56. The standard InChI is InChI=1S/C21H27N7O2S/c1-15-5-7-18(8-6-15)24-21-22-16(2)13-19(25-21)27-9-11-28(12-10-27)31(29,30)20-14-26(4)17(3)23-20/h5-8,13-14H,9-12H2,1-4H3,(H,22,24,25). The Morgan fingerprint density at radius 1 is 0.935 bits per heavy atom. The summed E-state index contributed by atoms with van der Waals surface area (Å²) in [5.41, 5.74) is 2.95. The molecule has 0 radical (unpaired) electrons. The first-order chi connectivity index (χ1) is 14.7. The van der Waals surface area contributed by atoms with Crippen molar-refractivity contribution < 1.29 is 8.42 Å². The Balaban J connectivity index is 1.47. The predicted molar refractivity (Wildman–Crippen MR) is 120 cm³/mol. The maximum Gasteiger partial charge on any atom is 0.262 e. The highest BCUT2D eigenvalue weighted by Gasteiger charge is 2.31. The zero-order chi connectivity index (χ0) is 22.2. The summed E-state index contributed by atoms with van der Waals surface area (Å²) >= 11 is 0. The number of sulfonamides is 1. The number of nitrogens with one attached hydrogen (secondary N) is 1. The molecule has 3 heterocycles. The van der Waals surface area contributed by atoms with E-state index in [2.05, 4.69) is 25.2 Å². The van der Waals surface area contributed by atoms with Crippen molar-refractivity contribution in [2.75, 3.05) is 36.4 Å². The van der Waals surface area contributed by atoms with Gasteiger partial charge in [0, 0.05) is 56.9 Å². The molecule has 10 heteroatoms. The number of aryl methyl sites for hydroxylation is 4. The van der Waals surface area contributed by atoms with Gasteiger partial charge in [-0.1, -0.05) is 17.7 Å². The largest absolute Gasteiger partial charge is 0.354 e. The Labute approximate surface area is 182 Å². The first-order valence-corrected chi connectivity index (χ1v) is 11.6. The highest BCUT2D eigenvalue weighted by atomic mass is 32.2. The zero-order valence-corrected chi connectivity index (χ0v) is 19.0. The summed E-state index contributed by atoms with van der Waals surface area (Å²) < 4.78 is 29.1. The minimum absolute atomic E-state index is 0.100. The lowest BCUT2D eigenvalue weighted by atomic mass is 10.2. The van der Waals surface area contributed by atoms with Crippen LogP contribution < -0.4 is 10.2 Å². The number of hydrogen-bond donors (Lipinski definition) is 1. The van der Waals surface area contributed by atoms with E-state index in [1.165, 1.54) is 9.87 Å². The number of piperazine rings is 1. The third-order valence-electron chi connectivity index (χ3n) is 5.40. The summed E-state index contributed by atoms with van der Waals surface area (Å²) in [4.78, 5) is 15.4. The Kier molecular flexibility index (Phi) is 5.67. The molecule has 31 heavy (non-hydrogen) atoms. The van der Waals surface area contributed by atoms with E-state index in [1.807, 2.05) is 44.2 Å². The second-order valence-electron chi connectivity index (χ2n) is 7.81. The number of hydrogen-bond acceptors (Lipinski definition) is 7. The van der Waals surface area contributed by atoms with Crippen molar-refractivity contribution in [2.24, 2.45) is 7.05 Å². The fourth-order valence-electron chi connectivity index (χ4n) is 3.48. The summed E-state index contributed by atoms with van der Waals surface area (Å²) in [7, 11) is -1.81. The van der Waals surface area contributed by atoms with Gasteiger partial charge >= 0.3 is 0 Å². The molecule has 1 aliphatic rings. The van der Waals surface area contributed by atoms with E-state index in [9.17, 15) is 8.42 Å². The molecule has 0 atom stereocenters. The second-order valence-corrected chi connectivity index (χ2v) is 9.70. The van der Waals surface area contributed by atoms with Crippen molar-refractivity contribution in [3.05, 3.63) is 53.6 Å². The van der Waals surface area contributed by atoms with Crippen LogP contribution in [-0.2, 0) is 17.1 Å². The van der Waals surface area contributed by atoms with Crippen LogP contribution in [0.3, 0.4) is 0 Å². The molecule has 2 aromatic heterocycles. The van der Waals surface area contributed by atoms with Gasteiger partial charge in [-0.15, -0.1) is 0 Å². The molecular formula is C21H27N7O2S. The fourth-order valence-corrected chi connectivity index (χ4v) is 4.92. The number of aromatic nitrogens is 4. The summed E-state index contributed by atoms with van der Waals surface area (Å²) in [6, 6.07) is 9.96. The molecule has 164 valence electrons. The Hall–Kier alpha value is -2.98. The van der Waals surface area contributed by atoms with Crippen LogP contribution in [0.5, 0.6) is 0 Å². The SMILES string of the molecule is Cc1ccc(Nc2nc(C)cc(N3CCN(S(=O)(=O)c4cn(C)c(C)n4)CC3)n2)cc1. The quantitative estimate of drug-likeness (QED) is 0.649. The molecule has 1 aromatic carbocycles. The summed E-state index contributed by atoms with van der Waals surface area (Å²) in [5, 5.41) is 3.35. The van der Waals surface area contributed by atoms with E-state index in [4.69, 9.17) is 0 Å². The highest BCUT2D eigenvalue weighted by Crippen LogP contribution is 2.22. The molecule has 0 aliphatic carbocycles. The van der Waals surface area contributed by atoms with Crippen LogP contribution >= 0.6 is 0 Å². The van der Waals surface area contributed by atoms with Crippen LogP contribution in [0.25, 0.3) is 0 Å². The van der Waals surface area contributed by atoms with E-state index < -0.39 is 10.0 Å². The monoisotopic (exact) mass is 441 g/mol. The first kappa shape index (κ1) is 21.3. The molecule has 1 N–H and O–H groups in total. The van der Waals surface area contributed by atoms with E-state index >= 15 is 0 Å². The van der Waals surface area contributed by atoms with E-state index in [0.29, 0.717) is 38.0 Å². The van der Waals surface area contributed by atoms with Gasteiger partial charge in [-0.25, -0.2) is 18.4 Å². The molecule has 1 aliphatic heterocycles. The van der Waals surface area contributed by atoms with Crippen molar-refractivity contribution in [1.29, 1.82) is 0 Å². The van der Waals surface area contributed by atoms with Crippen LogP contribution in [0.2, 0.25) is 0 Å². The van der Waals surface area contributed by atoms with Gasteiger partial charge in [-0.05, 0) is 32.9 Å². The molecule has 0 saturated carbocycles. The van der Waals surface area contributed by atoms with E-state index in [-0.39, 0.29) is 5.03 Å². The zero-order valence-electron chi connectivity index (χ0n) is 18.2. The average Bonchev–Trinajstić information content (AvgIpc) is 3.09. The Morgan fingerprint density at radius 3 is 2.23 bits per heavy atom. The summed E-state index contributed by atoms with van der Waals surface area (Å²) in [6.45, 7) is 7.60. The molecule has 1 fully saturated rings. The van der Waals surface area contributed by atoms with Crippen molar-refractivity contribution >= 4 is 27.5 Å². The third kappa shape index (κ3) is 4.54. The van der Waals surface area contributed by atoms with Gasteiger partial charge < -0.3 is 14.8 Å². The lowest BCUT2D eigenvalue weighted by Gasteiger charge is -2.34. The van der Waals surface area contributed by atoms with Crippen molar-refractivity contribution in [3.8, 4) is 0 Å². The maximum atomic E-state index is 12.9. The van der Waals surface area contributed by atoms with Crippen LogP contribution in [-0.4, -0.2) is 58.4 Å². The molecule has 3 aromatic rings. The second kappa shape index (κ2) is 8.27. The van der Waals surface area contributed by atoms with Crippen LogP contribution in [0.4, 0.5) is 17.5 Å². The number of benzene rings is 1. The fraction of sp³-hybridized carbons (Fsp3) is 0.381. The minimum Gasteiger partial charge on any atom is -0.354 e. The van der Waals surface area contributed by atoms with Gasteiger partial charge in [-0.3, -0.25) is 0 Å². The molecule has 1 saturated heterocycles. The van der Waals surface area contributed by atoms with Crippen LogP contribution in [0.1, 0.15) is 17.1 Å². The smallest absolute Gasteiger partial charge is 0.262 e. The topological polar surface area (TPSA) is 96.2 Å². The van der Waals surface area contributed by atoms with Gasteiger partial charge in [0.1, 0.15) is 11.6 Å². The van der Waals surface area contributed by atoms with Gasteiger partial charge in [0.15, 0.2) is 5.03 Å². The molecule has 0 spiro atoms. The Bertz CT molecular complexity index is 1160. The van der Waals surface area contributed by atoms with Crippen molar-refractivity contribution in [3.63, 3.8) is 0 Å². The molecular weight excluding hydrogens is 414 g/mol. The van der Waals surface area contributed by atoms with Crippen LogP contribution in [0.15, 0.2) is 41.6 Å². The van der Waals surface area contributed by atoms with E-state index in [0.717, 1.165) is 17.2 Å². The van der Waals surface area contributed by atoms with Crippen molar-refractivity contribution in [2.45, 2.75) is 25.8 Å². The molecule has 4 rings (SSSR count). The lowest BCUT2D eigenvalue weighted by Crippen LogP contribution is -2.49. The number of anilines is 3. The third-order valence-corrected chi connectivity index (χ3v) is 7.17.